The van der Waals surface area contributed by atoms with E-state index in [-0.39, 0.29) is 17.7 Å². The highest BCUT2D eigenvalue weighted by Crippen LogP contribution is 2.16. The van der Waals surface area contributed by atoms with Crippen LogP contribution in [0.5, 0.6) is 5.75 Å². The zero-order valence-electron chi connectivity index (χ0n) is 15.7. The van der Waals surface area contributed by atoms with E-state index in [2.05, 4.69) is 30.1 Å². The van der Waals surface area contributed by atoms with Crippen molar-refractivity contribution < 1.29 is 9.13 Å². The maximum absolute atomic E-state index is 13.7. The van der Waals surface area contributed by atoms with E-state index in [4.69, 9.17) is 4.74 Å². The number of nitrogens with one attached hydrogen (secondary N) is 1. The fraction of sp³-hybridized carbons (Fsp3) is 0.421. The number of piperazine rings is 1. The molecule has 1 unspecified atom stereocenters. The van der Waals surface area contributed by atoms with Crippen molar-refractivity contribution in [1.82, 2.24) is 20.2 Å². The van der Waals surface area contributed by atoms with Crippen LogP contribution in [0.3, 0.4) is 0 Å². The summed E-state index contributed by atoms with van der Waals surface area (Å²) in [4.78, 5) is 17.3. The molecule has 1 aromatic carbocycles. The third-order valence-electron chi connectivity index (χ3n) is 4.34. The van der Waals surface area contributed by atoms with E-state index in [9.17, 15) is 4.39 Å². The molecular formula is C19H25FN6O. The topological polar surface area (TPSA) is 65.9 Å². The highest BCUT2D eigenvalue weighted by Gasteiger charge is 2.21. The Hall–Kier alpha value is -2.90. The molecule has 0 spiro atoms. The SMILES string of the molecule is CN=C(NCC(C)Oc1ccccc1F)N1CCN(c2ncccn2)CC1. The van der Waals surface area contributed by atoms with Crippen LogP contribution in [-0.4, -0.2) is 66.7 Å². The van der Waals surface area contributed by atoms with E-state index in [1.54, 1.807) is 37.6 Å². The second kappa shape index (κ2) is 9.16. The molecule has 0 bridgehead atoms. The Morgan fingerprint density at radius 1 is 1.19 bits per heavy atom. The number of benzene rings is 1. The van der Waals surface area contributed by atoms with Crippen molar-refractivity contribution in [2.24, 2.45) is 4.99 Å². The minimum atomic E-state index is -0.354. The molecule has 1 fully saturated rings. The molecule has 7 nitrogen and oxygen atoms in total. The largest absolute Gasteiger partial charge is 0.486 e. The lowest BCUT2D eigenvalue weighted by Gasteiger charge is -2.36. The molecule has 3 rings (SSSR count). The predicted molar refractivity (Wildman–Crippen MR) is 104 cm³/mol. The number of aromatic nitrogens is 2. The summed E-state index contributed by atoms with van der Waals surface area (Å²) in [6.07, 6.45) is 3.32. The van der Waals surface area contributed by atoms with Crippen LogP contribution in [0.15, 0.2) is 47.7 Å². The van der Waals surface area contributed by atoms with Crippen LogP contribution in [0.4, 0.5) is 10.3 Å². The van der Waals surface area contributed by atoms with Crippen molar-refractivity contribution in [3.8, 4) is 5.75 Å². The number of para-hydroxylation sites is 1. The Balaban J connectivity index is 1.48. The lowest BCUT2D eigenvalue weighted by atomic mass is 10.3. The molecule has 1 aliphatic heterocycles. The third-order valence-corrected chi connectivity index (χ3v) is 4.34. The summed E-state index contributed by atoms with van der Waals surface area (Å²) in [5.74, 6) is 1.48. The Bertz CT molecular complexity index is 749. The number of nitrogens with zero attached hydrogens (tertiary/aromatic N) is 5. The molecule has 27 heavy (non-hydrogen) atoms. The molecule has 0 amide bonds. The van der Waals surface area contributed by atoms with Gasteiger partial charge in [-0.15, -0.1) is 0 Å². The molecule has 2 aromatic rings. The van der Waals surface area contributed by atoms with Gasteiger partial charge in [-0.2, -0.15) is 0 Å². The highest BCUT2D eigenvalue weighted by molar-refractivity contribution is 5.80. The minimum Gasteiger partial charge on any atom is -0.486 e. The first-order valence-corrected chi connectivity index (χ1v) is 9.06. The van der Waals surface area contributed by atoms with Gasteiger partial charge >= 0.3 is 0 Å². The van der Waals surface area contributed by atoms with Crippen LogP contribution >= 0.6 is 0 Å². The van der Waals surface area contributed by atoms with E-state index in [1.807, 2.05) is 13.0 Å². The van der Waals surface area contributed by atoms with Crippen molar-refractivity contribution in [1.29, 1.82) is 0 Å². The van der Waals surface area contributed by atoms with Crippen molar-refractivity contribution in [2.45, 2.75) is 13.0 Å². The number of aliphatic imine (C=N–C) groups is 1. The van der Waals surface area contributed by atoms with Gasteiger partial charge in [0.1, 0.15) is 6.10 Å². The number of guanidine groups is 1. The standard InChI is InChI=1S/C19H25FN6O/c1-15(27-17-7-4-3-6-16(17)20)14-24-18(21-2)25-10-12-26(13-11-25)19-22-8-5-9-23-19/h3-9,15H,10-14H2,1-2H3,(H,21,24). The van der Waals surface area contributed by atoms with Gasteiger partial charge in [0.2, 0.25) is 5.95 Å². The Morgan fingerprint density at radius 2 is 1.89 bits per heavy atom. The van der Waals surface area contributed by atoms with Crippen LogP contribution in [0.25, 0.3) is 0 Å². The van der Waals surface area contributed by atoms with Crippen LogP contribution < -0.4 is 15.0 Å². The quantitative estimate of drug-likeness (QED) is 0.638. The number of halogens is 1. The number of ether oxygens (including phenoxy) is 1. The third kappa shape index (κ3) is 5.06. The molecule has 1 atom stereocenters. The van der Waals surface area contributed by atoms with Crippen molar-refractivity contribution in [2.75, 3.05) is 44.7 Å². The number of anilines is 1. The van der Waals surface area contributed by atoms with Crippen molar-refractivity contribution >= 4 is 11.9 Å². The second-order valence-electron chi connectivity index (χ2n) is 6.31. The molecular weight excluding hydrogens is 347 g/mol. The summed E-state index contributed by atoms with van der Waals surface area (Å²) in [6, 6.07) is 8.24. The number of hydrogen-bond acceptors (Lipinski definition) is 5. The summed E-state index contributed by atoms with van der Waals surface area (Å²) in [7, 11) is 1.76. The molecule has 0 aliphatic carbocycles. The van der Waals surface area contributed by atoms with Gasteiger partial charge in [0, 0.05) is 45.6 Å². The van der Waals surface area contributed by atoms with Gasteiger partial charge in [0.15, 0.2) is 17.5 Å². The van der Waals surface area contributed by atoms with Crippen LogP contribution in [-0.2, 0) is 0 Å². The van der Waals surface area contributed by atoms with E-state index in [0.29, 0.717) is 6.54 Å². The average molecular weight is 372 g/mol. The zero-order chi connectivity index (χ0) is 19.1. The molecule has 2 heterocycles. The molecule has 0 radical (unpaired) electrons. The van der Waals surface area contributed by atoms with E-state index < -0.39 is 0 Å². The smallest absolute Gasteiger partial charge is 0.225 e. The van der Waals surface area contributed by atoms with Gasteiger partial charge in [-0.25, -0.2) is 14.4 Å². The molecule has 0 saturated carbocycles. The summed E-state index contributed by atoms with van der Waals surface area (Å²) in [6.45, 7) is 5.72. The summed E-state index contributed by atoms with van der Waals surface area (Å²) >= 11 is 0. The normalized spacial score (nSPS) is 16.2. The van der Waals surface area contributed by atoms with Gasteiger partial charge < -0.3 is 19.9 Å². The van der Waals surface area contributed by atoms with Crippen molar-refractivity contribution in [3.63, 3.8) is 0 Å². The second-order valence-corrected chi connectivity index (χ2v) is 6.31. The van der Waals surface area contributed by atoms with E-state index in [1.165, 1.54) is 6.07 Å². The van der Waals surface area contributed by atoms with Crippen LogP contribution in [0, 0.1) is 5.82 Å². The number of rotatable bonds is 5. The predicted octanol–water partition coefficient (Wildman–Crippen LogP) is 1.78. The maximum Gasteiger partial charge on any atom is 0.225 e. The highest BCUT2D eigenvalue weighted by atomic mass is 19.1. The summed E-state index contributed by atoms with van der Waals surface area (Å²) in [5, 5.41) is 3.31. The van der Waals surface area contributed by atoms with Gasteiger partial charge in [0.05, 0.1) is 6.54 Å². The molecule has 1 aromatic heterocycles. The average Bonchev–Trinajstić information content (AvgIpc) is 2.71. The van der Waals surface area contributed by atoms with Crippen LogP contribution in [0.1, 0.15) is 6.92 Å². The minimum absolute atomic E-state index is 0.197. The molecule has 1 N–H and O–H groups in total. The Morgan fingerprint density at radius 3 is 2.56 bits per heavy atom. The zero-order valence-corrected chi connectivity index (χ0v) is 15.7. The van der Waals surface area contributed by atoms with Gasteiger partial charge in [0.25, 0.3) is 0 Å². The Kier molecular flexibility index (Phi) is 6.40. The fourth-order valence-corrected chi connectivity index (χ4v) is 2.94. The molecule has 1 aliphatic rings. The summed E-state index contributed by atoms with van der Waals surface area (Å²) < 4.78 is 19.4. The van der Waals surface area contributed by atoms with E-state index in [0.717, 1.165) is 38.1 Å². The first-order valence-electron chi connectivity index (χ1n) is 9.06. The van der Waals surface area contributed by atoms with Gasteiger partial charge in [-0.1, -0.05) is 12.1 Å². The fourth-order valence-electron chi connectivity index (χ4n) is 2.94. The molecule has 144 valence electrons. The first kappa shape index (κ1) is 18.9. The monoisotopic (exact) mass is 372 g/mol. The van der Waals surface area contributed by atoms with Gasteiger partial charge in [-0.3, -0.25) is 4.99 Å². The van der Waals surface area contributed by atoms with Crippen molar-refractivity contribution in [3.05, 3.63) is 48.5 Å². The lowest BCUT2D eigenvalue weighted by Crippen LogP contribution is -2.53. The summed E-state index contributed by atoms with van der Waals surface area (Å²) in [5.41, 5.74) is 0. The van der Waals surface area contributed by atoms with Gasteiger partial charge in [-0.05, 0) is 25.1 Å². The van der Waals surface area contributed by atoms with E-state index >= 15 is 0 Å². The van der Waals surface area contributed by atoms with Crippen LogP contribution in [0.2, 0.25) is 0 Å². The Labute approximate surface area is 158 Å². The number of hydrogen-bond donors (Lipinski definition) is 1. The molecule has 8 heteroatoms. The molecule has 1 saturated heterocycles. The lowest BCUT2D eigenvalue weighted by molar-refractivity contribution is 0.212. The maximum atomic E-state index is 13.7. The first-order chi connectivity index (χ1) is 13.2.